The summed E-state index contributed by atoms with van der Waals surface area (Å²) in [6.07, 6.45) is 0.287. The second kappa shape index (κ2) is 6.14. The highest BCUT2D eigenvalue weighted by Gasteiger charge is 2.24. The first-order valence-electron chi connectivity index (χ1n) is 4.89. The van der Waals surface area contributed by atoms with Gasteiger partial charge in [0, 0.05) is 6.07 Å². The molecule has 1 aromatic rings. The van der Waals surface area contributed by atoms with Crippen molar-refractivity contribution in [2.75, 3.05) is 0 Å². The van der Waals surface area contributed by atoms with Crippen LogP contribution in [0.15, 0.2) is 21.5 Å². The smallest absolute Gasteiger partial charge is 0.316 e. The number of hydrogen-bond donors (Lipinski definition) is 1. The minimum absolute atomic E-state index is 0.00921. The third-order valence-electron chi connectivity index (χ3n) is 2.11. The van der Waals surface area contributed by atoms with Crippen molar-refractivity contribution < 1.29 is 19.2 Å². The van der Waals surface area contributed by atoms with Crippen molar-refractivity contribution in [3.8, 4) is 0 Å². The van der Waals surface area contributed by atoms with Gasteiger partial charge in [-0.05, 0) is 28.4 Å². The molecule has 1 rings (SSSR count). The van der Waals surface area contributed by atoms with Crippen LogP contribution in [0.3, 0.4) is 0 Å². The average molecular weight is 338 g/mol. The van der Waals surface area contributed by atoms with Gasteiger partial charge in [-0.2, -0.15) is 0 Å². The normalized spacial score (nSPS) is 12.2. The monoisotopic (exact) mass is 337 g/mol. The molecule has 98 valence electrons. The lowest BCUT2D eigenvalue weighted by Gasteiger charge is -2.10. The Morgan fingerprint density at radius 1 is 1.67 bits per heavy atom. The van der Waals surface area contributed by atoms with E-state index in [0.29, 0.717) is 0 Å². The molecule has 0 saturated carbocycles. The number of carboxylic acids is 1. The maximum Gasteiger partial charge on any atom is 0.316 e. The van der Waals surface area contributed by atoms with Crippen LogP contribution in [0.4, 0.5) is 10.1 Å². The maximum absolute atomic E-state index is 13.3. The molecule has 0 bridgehead atoms. The van der Waals surface area contributed by atoms with Gasteiger partial charge >= 0.3 is 5.97 Å². The number of thioether (sulfide) groups is 1. The number of aliphatic carboxylic acids is 1. The Balaban J connectivity index is 3.18. The third kappa shape index (κ3) is 3.42. The van der Waals surface area contributed by atoms with E-state index in [1.54, 1.807) is 6.92 Å². The quantitative estimate of drug-likeness (QED) is 0.505. The SMILES string of the molecule is CCC(Sc1cc(F)c(Br)cc1[N+](=O)[O-])C(=O)O. The molecule has 0 aliphatic carbocycles. The van der Waals surface area contributed by atoms with Gasteiger partial charge in [-0.3, -0.25) is 14.9 Å². The predicted molar refractivity (Wildman–Crippen MR) is 68.3 cm³/mol. The van der Waals surface area contributed by atoms with Crippen LogP contribution in [-0.2, 0) is 4.79 Å². The molecule has 1 atom stereocenters. The third-order valence-corrected chi connectivity index (χ3v) is 4.12. The first kappa shape index (κ1) is 14.9. The summed E-state index contributed by atoms with van der Waals surface area (Å²) in [5, 5.41) is 18.9. The molecule has 0 aromatic heterocycles. The number of nitro groups is 1. The Labute approximate surface area is 115 Å². The Morgan fingerprint density at radius 2 is 2.28 bits per heavy atom. The molecule has 0 saturated heterocycles. The van der Waals surface area contributed by atoms with Gasteiger partial charge in [-0.15, -0.1) is 11.8 Å². The van der Waals surface area contributed by atoms with Gasteiger partial charge in [0.2, 0.25) is 0 Å². The molecule has 8 heteroatoms. The van der Waals surface area contributed by atoms with Crippen LogP contribution in [0.5, 0.6) is 0 Å². The standard InChI is InChI=1S/C10H9BrFNO4S/c1-2-8(10(14)15)18-9-4-6(12)5(11)3-7(9)13(16)17/h3-4,8H,2H2,1H3,(H,14,15). The molecule has 5 nitrogen and oxygen atoms in total. The van der Waals surface area contributed by atoms with Crippen molar-refractivity contribution in [1.29, 1.82) is 0 Å². The topological polar surface area (TPSA) is 80.4 Å². The summed E-state index contributed by atoms with van der Waals surface area (Å²) in [5.41, 5.74) is -0.312. The summed E-state index contributed by atoms with van der Waals surface area (Å²) < 4.78 is 13.3. The molecule has 0 aliphatic heterocycles. The van der Waals surface area contributed by atoms with Crippen LogP contribution in [0.25, 0.3) is 0 Å². The van der Waals surface area contributed by atoms with Crippen molar-refractivity contribution in [3.63, 3.8) is 0 Å². The van der Waals surface area contributed by atoms with Gasteiger partial charge in [0.05, 0.1) is 14.3 Å². The zero-order valence-corrected chi connectivity index (χ0v) is 11.6. The number of carboxylic acid groups (broad SMARTS) is 1. The van der Waals surface area contributed by atoms with E-state index >= 15 is 0 Å². The molecule has 0 heterocycles. The van der Waals surface area contributed by atoms with Gasteiger partial charge in [0.25, 0.3) is 5.69 Å². The molecule has 18 heavy (non-hydrogen) atoms. The lowest BCUT2D eigenvalue weighted by Crippen LogP contribution is -2.15. The molecule has 0 amide bonds. The van der Waals surface area contributed by atoms with Crippen LogP contribution < -0.4 is 0 Å². The minimum Gasteiger partial charge on any atom is -0.480 e. The number of hydrogen-bond acceptors (Lipinski definition) is 4. The first-order chi connectivity index (χ1) is 8.36. The van der Waals surface area contributed by atoms with Crippen molar-refractivity contribution in [2.24, 2.45) is 0 Å². The lowest BCUT2D eigenvalue weighted by atomic mass is 10.3. The summed E-state index contributed by atoms with van der Waals surface area (Å²) in [4.78, 5) is 21.0. The largest absolute Gasteiger partial charge is 0.480 e. The predicted octanol–water partition coefficient (Wildman–Crippen LogP) is 3.45. The van der Waals surface area contributed by atoms with Gasteiger partial charge in [0.1, 0.15) is 11.1 Å². The van der Waals surface area contributed by atoms with Gasteiger partial charge in [0.15, 0.2) is 0 Å². The van der Waals surface area contributed by atoms with Gasteiger partial charge < -0.3 is 5.11 Å². The highest BCUT2D eigenvalue weighted by Crippen LogP contribution is 2.36. The molecule has 1 unspecified atom stereocenters. The van der Waals surface area contributed by atoms with Gasteiger partial charge in [-0.25, -0.2) is 4.39 Å². The molecule has 0 radical (unpaired) electrons. The molecule has 0 spiro atoms. The van der Waals surface area contributed by atoms with Crippen molar-refractivity contribution in [1.82, 2.24) is 0 Å². The molecular formula is C10H9BrFNO4S. The number of carbonyl (C=O) groups is 1. The second-order valence-electron chi connectivity index (χ2n) is 3.34. The minimum atomic E-state index is -1.08. The summed E-state index contributed by atoms with van der Waals surface area (Å²) in [5.74, 6) is -1.75. The zero-order valence-electron chi connectivity index (χ0n) is 9.22. The van der Waals surface area contributed by atoms with E-state index in [1.807, 2.05) is 0 Å². The number of rotatable bonds is 5. The van der Waals surface area contributed by atoms with Gasteiger partial charge in [-0.1, -0.05) is 6.92 Å². The van der Waals surface area contributed by atoms with Crippen molar-refractivity contribution in [3.05, 3.63) is 32.5 Å². The summed E-state index contributed by atoms with van der Waals surface area (Å²) in [7, 11) is 0. The number of halogens is 2. The summed E-state index contributed by atoms with van der Waals surface area (Å²) >= 11 is 3.63. The van der Waals surface area contributed by atoms with E-state index in [0.717, 1.165) is 23.9 Å². The molecule has 0 aliphatic rings. The number of benzene rings is 1. The zero-order chi connectivity index (χ0) is 13.9. The fourth-order valence-electron chi connectivity index (χ4n) is 1.22. The van der Waals surface area contributed by atoms with Crippen LogP contribution in [-0.4, -0.2) is 21.2 Å². The lowest BCUT2D eigenvalue weighted by molar-refractivity contribution is -0.387. The summed E-state index contributed by atoms with van der Waals surface area (Å²) in [6, 6.07) is 2.00. The Hall–Kier alpha value is -1.15. The van der Waals surface area contributed by atoms with E-state index in [4.69, 9.17) is 5.11 Å². The Kier molecular flexibility index (Phi) is 5.09. The van der Waals surface area contributed by atoms with Crippen molar-refractivity contribution >= 4 is 39.3 Å². The fourth-order valence-corrected chi connectivity index (χ4v) is 2.55. The number of nitro benzene ring substituents is 1. The maximum atomic E-state index is 13.3. The fraction of sp³-hybridized carbons (Fsp3) is 0.300. The van der Waals surface area contributed by atoms with Crippen molar-refractivity contribution in [2.45, 2.75) is 23.5 Å². The molecule has 0 fully saturated rings. The van der Waals surface area contributed by atoms with E-state index in [9.17, 15) is 19.3 Å². The van der Waals surface area contributed by atoms with Crippen LogP contribution in [0.2, 0.25) is 0 Å². The van der Waals surface area contributed by atoms with E-state index < -0.39 is 22.0 Å². The second-order valence-corrected chi connectivity index (χ2v) is 5.44. The first-order valence-corrected chi connectivity index (χ1v) is 6.57. The number of nitrogens with zero attached hydrogens (tertiary/aromatic N) is 1. The van der Waals surface area contributed by atoms with Crippen LogP contribution in [0.1, 0.15) is 13.3 Å². The molecular weight excluding hydrogens is 329 g/mol. The molecule has 1 aromatic carbocycles. The Morgan fingerprint density at radius 3 is 2.72 bits per heavy atom. The van der Waals surface area contributed by atoms with E-state index in [2.05, 4.69) is 15.9 Å². The summed E-state index contributed by atoms with van der Waals surface area (Å²) in [6.45, 7) is 1.65. The van der Waals surface area contributed by atoms with E-state index in [1.165, 1.54) is 0 Å². The molecule has 1 N–H and O–H groups in total. The van der Waals surface area contributed by atoms with E-state index in [-0.39, 0.29) is 21.5 Å². The highest BCUT2D eigenvalue weighted by molar-refractivity contribution is 9.10. The van der Waals surface area contributed by atoms with Crippen LogP contribution in [0, 0.1) is 15.9 Å². The van der Waals surface area contributed by atoms with Crippen LogP contribution >= 0.6 is 27.7 Å². The highest BCUT2D eigenvalue weighted by atomic mass is 79.9. The average Bonchev–Trinajstić information content (AvgIpc) is 2.29. The Bertz CT molecular complexity index is 497.